The fourth-order valence-corrected chi connectivity index (χ4v) is 7.68. The van der Waals surface area contributed by atoms with E-state index >= 15 is 0 Å². The van der Waals surface area contributed by atoms with Crippen LogP contribution in [-0.2, 0) is 23.8 Å². The zero-order valence-electron chi connectivity index (χ0n) is 33.4. The summed E-state index contributed by atoms with van der Waals surface area (Å²) in [7, 11) is 1.40. The molecule has 6 rings (SSSR count). The van der Waals surface area contributed by atoms with E-state index in [0.29, 0.717) is 5.65 Å². The molecule has 0 spiro atoms. The van der Waals surface area contributed by atoms with E-state index in [1.54, 1.807) is 62.6 Å². The summed E-state index contributed by atoms with van der Waals surface area (Å²) < 4.78 is 25.2. The van der Waals surface area contributed by atoms with Gasteiger partial charge in [-0.05, 0) is 50.1 Å². The van der Waals surface area contributed by atoms with Crippen LogP contribution in [0.1, 0.15) is 63.0 Å². The number of aliphatic hydroxyl groups excluding tert-OH is 2. The molecule has 0 saturated carbocycles. The van der Waals surface area contributed by atoms with Crippen molar-refractivity contribution in [1.29, 1.82) is 0 Å². The largest absolute Gasteiger partial charge is 0.507 e. The summed E-state index contributed by atoms with van der Waals surface area (Å²) in [6, 6.07) is 3.62. The molecule has 14 heteroatoms. The minimum atomic E-state index is -1.99. The van der Waals surface area contributed by atoms with Crippen LogP contribution in [0, 0.1) is 31.6 Å². The number of methoxy groups -OCH3 is 1. The average molecular weight is 784 g/mol. The number of aromatic nitrogens is 2. The molecule has 1 amide bonds. The molecular formula is C43H49N3O11. The highest BCUT2D eigenvalue weighted by atomic mass is 16.7. The first-order chi connectivity index (χ1) is 26.8. The third-order valence-corrected chi connectivity index (χ3v) is 11.1. The first kappa shape index (κ1) is 40.9. The van der Waals surface area contributed by atoms with Crippen molar-refractivity contribution in [2.75, 3.05) is 12.4 Å². The fourth-order valence-electron chi connectivity index (χ4n) is 7.68. The van der Waals surface area contributed by atoms with Gasteiger partial charge >= 0.3 is 11.8 Å². The monoisotopic (exact) mass is 783 g/mol. The number of hydrogen-bond acceptors (Lipinski definition) is 12. The van der Waals surface area contributed by atoms with Crippen molar-refractivity contribution in [3.05, 3.63) is 83.3 Å². The Hall–Kier alpha value is -5.70. The summed E-state index contributed by atoms with van der Waals surface area (Å²) in [5.41, 5.74) is 2.34. The van der Waals surface area contributed by atoms with Crippen molar-refractivity contribution in [2.45, 2.75) is 85.6 Å². The predicted octanol–water partition coefficient (Wildman–Crippen LogP) is 6.08. The molecule has 0 radical (unpaired) electrons. The number of amides is 1. The predicted molar refractivity (Wildman–Crippen MR) is 213 cm³/mol. The number of allylic oxidation sites excluding steroid dienone is 2. The summed E-state index contributed by atoms with van der Waals surface area (Å²) in [5, 5.41) is 49.3. The number of aromatic hydroxyl groups is 2. The number of aliphatic hydroxyl groups is 2. The van der Waals surface area contributed by atoms with Gasteiger partial charge in [-0.2, -0.15) is 0 Å². The molecule has 2 aromatic heterocycles. The number of hydrogen-bond donors (Lipinski definition) is 5. The number of pyridine rings is 1. The molecule has 57 heavy (non-hydrogen) atoms. The maximum atomic E-state index is 14.5. The molecule has 0 fully saturated rings. The van der Waals surface area contributed by atoms with Crippen LogP contribution in [0.5, 0.6) is 17.2 Å². The van der Waals surface area contributed by atoms with Crippen molar-refractivity contribution in [3.63, 3.8) is 0 Å². The van der Waals surface area contributed by atoms with Gasteiger partial charge in [0, 0.05) is 61.4 Å². The maximum Gasteiger partial charge on any atom is 0.312 e. The van der Waals surface area contributed by atoms with E-state index < -0.39 is 77.1 Å². The molecule has 2 aliphatic rings. The number of imidazole rings is 1. The van der Waals surface area contributed by atoms with Gasteiger partial charge in [-0.15, -0.1) is 0 Å². The molecule has 4 bridgehead atoms. The highest BCUT2D eigenvalue weighted by Gasteiger charge is 2.49. The van der Waals surface area contributed by atoms with Crippen LogP contribution in [0.4, 0.5) is 5.69 Å². The van der Waals surface area contributed by atoms with E-state index in [1.165, 1.54) is 40.2 Å². The minimum absolute atomic E-state index is 0.000961. The zero-order valence-corrected chi connectivity index (χ0v) is 33.4. The van der Waals surface area contributed by atoms with Gasteiger partial charge in [0.2, 0.25) is 0 Å². The first-order valence-electron chi connectivity index (χ1n) is 18.6. The number of phenolic OH excluding ortho intramolecular Hbond substituents is 2. The highest BCUT2D eigenvalue weighted by Crippen LogP contribution is 2.54. The van der Waals surface area contributed by atoms with Gasteiger partial charge in [0.25, 0.3) is 11.7 Å². The lowest BCUT2D eigenvalue weighted by atomic mass is 9.80. The Morgan fingerprint density at radius 2 is 1.74 bits per heavy atom. The van der Waals surface area contributed by atoms with Gasteiger partial charge in [0.15, 0.2) is 5.75 Å². The number of nitrogens with one attached hydrogen (secondary N) is 1. The molecule has 2 aliphatic heterocycles. The van der Waals surface area contributed by atoms with Crippen LogP contribution in [0.25, 0.3) is 27.5 Å². The van der Waals surface area contributed by atoms with Crippen molar-refractivity contribution in [1.82, 2.24) is 9.38 Å². The Balaban J connectivity index is 1.58. The van der Waals surface area contributed by atoms with E-state index in [4.69, 9.17) is 23.9 Å². The molecule has 8 unspecified atom stereocenters. The summed E-state index contributed by atoms with van der Waals surface area (Å²) in [5.74, 6) is -6.72. The van der Waals surface area contributed by atoms with Crippen molar-refractivity contribution < 1.29 is 53.8 Å². The van der Waals surface area contributed by atoms with Crippen molar-refractivity contribution in [3.8, 4) is 17.2 Å². The van der Waals surface area contributed by atoms with Gasteiger partial charge in [0.1, 0.15) is 46.1 Å². The number of ether oxygens (including phenoxy) is 4. The van der Waals surface area contributed by atoms with E-state index in [1.807, 2.05) is 13.0 Å². The number of rotatable bonds is 2. The number of Topliss-reactive ketones (excluding diaryl/α,β-unsaturated/α-hetero) is 1. The van der Waals surface area contributed by atoms with Gasteiger partial charge in [-0.25, -0.2) is 4.98 Å². The Bertz CT molecular complexity index is 2430. The van der Waals surface area contributed by atoms with Crippen molar-refractivity contribution >= 4 is 50.8 Å². The van der Waals surface area contributed by atoms with Crippen LogP contribution in [-0.4, -0.2) is 84.8 Å². The summed E-state index contributed by atoms with van der Waals surface area (Å²) in [6.07, 6.45) is 4.93. The normalized spacial score (nSPS) is 29.6. The second-order valence-corrected chi connectivity index (χ2v) is 15.2. The molecule has 0 aliphatic carbocycles. The number of nitrogens with zero attached hydrogens (tertiary/aromatic N) is 2. The van der Waals surface area contributed by atoms with Crippen molar-refractivity contribution in [2.24, 2.45) is 17.8 Å². The molecule has 302 valence electrons. The number of carbonyl (C=O) groups is 3. The Morgan fingerprint density at radius 1 is 1.04 bits per heavy atom. The summed E-state index contributed by atoms with van der Waals surface area (Å²) >= 11 is 0. The Morgan fingerprint density at radius 3 is 2.40 bits per heavy atom. The van der Waals surface area contributed by atoms with Crippen LogP contribution in [0.3, 0.4) is 0 Å². The number of fused-ring (bicyclic) bond motifs is 2. The van der Waals surface area contributed by atoms with E-state index in [0.717, 1.165) is 5.56 Å². The van der Waals surface area contributed by atoms with E-state index in [9.17, 15) is 34.8 Å². The molecule has 4 heterocycles. The highest BCUT2D eigenvalue weighted by molar-refractivity contribution is 6.28. The lowest BCUT2D eigenvalue weighted by Gasteiger charge is -2.36. The average Bonchev–Trinajstić information content (AvgIpc) is 3.67. The number of anilines is 1. The zero-order chi connectivity index (χ0) is 41.8. The quantitative estimate of drug-likeness (QED) is 0.0894. The topological polar surface area (TPSA) is 198 Å². The standard InChI is InChI=1S/C43H49N3O11/c1-19-14-16-46-28(18-19)44-32-29-30-37(50)25(7)40-31(29)41(52)43(9,57-40)55-17-15-27(54-10)22(4)39(56-26(8)47)24(6)36(49)23(5)35(48)20(2)12-11-13-21(3)42(53)45-33(34(32)46)38(30)51/h11-18,20,23-24,27,35-36,39,48-51H,4H2,1-3,5-10H3,(H,45,53)/b12-11+,17-15+,21-13-. The second-order valence-electron chi connectivity index (χ2n) is 15.2. The molecule has 2 aromatic carbocycles. The number of ketones is 1. The number of aryl methyl sites for hydroxylation is 1. The Kier molecular flexibility index (Phi) is 11.0. The first-order valence-corrected chi connectivity index (χ1v) is 18.6. The number of esters is 1. The van der Waals surface area contributed by atoms with Gasteiger partial charge in [0.05, 0.1) is 29.4 Å². The van der Waals surface area contributed by atoms with E-state index in [2.05, 4.69) is 11.9 Å². The molecule has 14 nitrogen and oxygen atoms in total. The van der Waals surface area contributed by atoms with Gasteiger partial charge in [-0.3, -0.25) is 18.8 Å². The van der Waals surface area contributed by atoms with Crippen LogP contribution < -0.4 is 10.1 Å². The SMILES string of the molecule is C=C1C(OC)/C=C/OC2(C)Oc3c(C)c(O)c4c(O)c(c5c(nc6cc(C)ccn65)c4c3C2=O)NC(=O)/C(C)=C\C=C\C(C)C(O)C(C)C(O)C(C)C1OC(C)=O. The smallest absolute Gasteiger partial charge is 0.312 e. The molecule has 8 atom stereocenters. The van der Waals surface area contributed by atoms with Crippen LogP contribution in [0.2, 0.25) is 0 Å². The molecule has 0 saturated heterocycles. The van der Waals surface area contributed by atoms with Crippen LogP contribution in [0.15, 0.2) is 66.6 Å². The molecule has 5 N–H and O–H groups in total. The van der Waals surface area contributed by atoms with Gasteiger partial charge < -0.3 is 44.7 Å². The second kappa shape index (κ2) is 15.3. The number of carbonyl (C=O) groups excluding carboxylic acids is 3. The minimum Gasteiger partial charge on any atom is -0.507 e. The van der Waals surface area contributed by atoms with Gasteiger partial charge in [-0.1, -0.05) is 45.6 Å². The van der Waals surface area contributed by atoms with Crippen LogP contribution >= 0.6 is 0 Å². The third kappa shape index (κ3) is 7.02. The van der Waals surface area contributed by atoms with E-state index in [-0.39, 0.29) is 55.5 Å². The lowest BCUT2D eigenvalue weighted by Crippen LogP contribution is -2.44. The third-order valence-electron chi connectivity index (χ3n) is 11.1. The fraction of sp³-hybridized carbons (Fsp3) is 0.395. The summed E-state index contributed by atoms with van der Waals surface area (Å²) in [6.45, 7) is 16.9. The molecule has 4 aromatic rings. The maximum absolute atomic E-state index is 14.5. The number of benzene rings is 2. The summed E-state index contributed by atoms with van der Waals surface area (Å²) in [4.78, 5) is 45.5. The Labute approximate surface area is 329 Å². The number of phenols is 2. The molecular weight excluding hydrogens is 734 g/mol. The lowest BCUT2D eigenvalue weighted by molar-refractivity contribution is -0.150.